The fourth-order valence-electron chi connectivity index (χ4n) is 1.29. The molecular formula is C12H16O9. The lowest BCUT2D eigenvalue weighted by Crippen LogP contribution is -2.28. The van der Waals surface area contributed by atoms with Gasteiger partial charge in [0, 0.05) is 0 Å². The van der Waals surface area contributed by atoms with Gasteiger partial charge in [-0.05, 0) is 13.8 Å². The second kappa shape index (κ2) is 8.67. The molecule has 0 saturated carbocycles. The number of esters is 2. The Morgan fingerprint density at radius 2 is 1.29 bits per heavy atom. The average Bonchev–Trinajstić information content (AvgIpc) is 2.25. The molecule has 0 amide bonds. The summed E-state index contributed by atoms with van der Waals surface area (Å²) in [7, 11) is 0. The van der Waals surface area contributed by atoms with Crippen LogP contribution in [0.1, 0.15) is 33.1 Å². The molecule has 0 rings (SSSR count). The third-order valence-electron chi connectivity index (χ3n) is 2.10. The van der Waals surface area contributed by atoms with Crippen LogP contribution in [0.2, 0.25) is 0 Å². The monoisotopic (exact) mass is 304 g/mol. The summed E-state index contributed by atoms with van der Waals surface area (Å²) >= 11 is 0. The van der Waals surface area contributed by atoms with E-state index in [4.69, 9.17) is 10.2 Å². The van der Waals surface area contributed by atoms with Crippen LogP contribution in [0.5, 0.6) is 0 Å². The van der Waals surface area contributed by atoms with Crippen molar-refractivity contribution in [1.82, 2.24) is 0 Å². The van der Waals surface area contributed by atoms with Crippen LogP contribution in [0, 0.1) is 0 Å². The number of carbonyl (C=O) groups excluding carboxylic acids is 3. The number of ether oxygens (including phenoxy) is 2. The predicted octanol–water partition coefficient (Wildman–Crippen LogP) is -0.242. The second-order valence-corrected chi connectivity index (χ2v) is 4.31. The molecule has 0 aliphatic heterocycles. The van der Waals surface area contributed by atoms with Crippen molar-refractivity contribution in [2.45, 2.75) is 45.3 Å². The van der Waals surface area contributed by atoms with Gasteiger partial charge >= 0.3 is 23.9 Å². The van der Waals surface area contributed by atoms with Crippen LogP contribution in [-0.4, -0.2) is 52.1 Å². The zero-order valence-corrected chi connectivity index (χ0v) is 11.5. The van der Waals surface area contributed by atoms with E-state index in [1.807, 2.05) is 0 Å². The smallest absolute Gasteiger partial charge is 0.375 e. The van der Waals surface area contributed by atoms with E-state index in [0.29, 0.717) is 0 Å². The molecule has 0 heterocycles. The number of aliphatic carboxylic acids is 2. The Morgan fingerprint density at radius 3 is 1.71 bits per heavy atom. The maximum absolute atomic E-state index is 11.3. The number of carbonyl (C=O) groups is 5. The zero-order chi connectivity index (χ0) is 16.6. The van der Waals surface area contributed by atoms with Gasteiger partial charge in [-0.3, -0.25) is 19.2 Å². The molecule has 0 bridgehead atoms. The first-order valence-corrected chi connectivity index (χ1v) is 5.98. The highest BCUT2D eigenvalue weighted by Gasteiger charge is 2.24. The Bertz CT molecular complexity index is 440. The summed E-state index contributed by atoms with van der Waals surface area (Å²) in [5.41, 5.74) is 0. The molecule has 9 heteroatoms. The second-order valence-electron chi connectivity index (χ2n) is 4.31. The normalized spacial score (nSPS) is 12.9. The van der Waals surface area contributed by atoms with E-state index in [9.17, 15) is 24.0 Å². The van der Waals surface area contributed by atoms with Crippen LogP contribution in [0.4, 0.5) is 0 Å². The van der Waals surface area contributed by atoms with Crippen molar-refractivity contribution < 1.29 is 43.7 Å². The lowest BCUT2D eigenvalue weighted by Gasteiger charge is -2.12. The van der Waals surface area contributed by atoms with E-state index in [0.717, 1.165) is 0 Å². The number of Topliss-reactive ketones (excluding diaryl/α,β-unsaturated/α-hetero) is 1. The number of ketones is 1. The van der Waals surface area contributed by atoms with E-state index >= 15 is 0 Å². The molecular weight excluding hydrogens is 288 g/mol. The van der Waals surface area contributed by atoms with Gasteiger partial charge in [0.2, 0.25) is 0 Å². The molecule has 0 spiro atoms. The molecule has 0 aliphatic rings. The van der Waals surface area contributed by atoms with Gasteiger partial charge in [-0.25, -0.2) is 4.79 Å². The van der Waals surface area contributed by atoms with Gasteiger partial charge in [0.25, 0.3) is 5.78 Å². The predicted molar refractivity (Wildman–Crippen MR) is 65.2 cm³/mol. The van der Waals surface area contributed by atoms with Gasteiger partial charge in [-0.1, -0.05) is 0 Å². The van der Waals surface area contributed by atoms with Gasteiger partial charge in [0.15, 0.2) is 0 Å². The Kier molecular flexibility index (Phi) is 7.66. The zero-order valence-electron chi connectivity index (χ0n) is 11.5. The molecule has 9 nitrogen and oxygen atoms in total. The molecule has 0 aromatic carbocycles. The summed E-state index contributed by atoms with van der Waals surface area (Å²) in [6, 6.07) is 0. The van der Waals surface area contributed by atoms with Crippen molar-refractivity contribution in [2.75, 3.05) is 0 Å². The van der Waals surface area contributed by atoms with Crippen LogP contribution in [0.3, 0.4) is 0 Å². The van der Waals surface area contributed by atoms with Crippen LogP contribution in [-0.2, 0) is 33.4 Å². The minimum Gasteiger partial charge on any atom is -0.481 e. The summed E-state index contributed by atoms with van der Waals surface area (Å²) in [6.07, 6.45) is -3.76. The molecule has 21 heavy (non-hydrogen) atoms. The highest BCUT2D eigenvalue weighted by atomic mass is 16.6. The van der Waals surface area contributed by atoms with Crippen LogP contribution in [0.25, 0.3) is 0 Å². The highest BCUT2D eigenvalue weighted by molar-refractivity contribution is 6.36. The molecule has 2 atom stereocenters. The maximum atomic E-state index is 11.3. The first-order chi connectivity index (χ1) is 9.61. The van der Waals surface area contributed by atoms with Gasteiger partial charge in [-0.15, -0.1) is 0 Å². The summed E-state index contributed by atoms with van der Waals surface area (Å²) in [6.45, 7) is 2.61. The largest absolute Gasteiger partial charge is 0.481 e. The van der Waals surface area contributed by atoms with Gasteiger partial charge in [-0.2, -0.15) is 0 Å². The van der Waals surface area contributed by atoms with E-state index in [1.54, 1.807) is 0 Å². The van der Waals surface area contributed by atoms with Crippen molar-refractivity contribution >= 4 is 29.7 Å². The molecule has 2 N–H and O–H groups in total. The molecule has 0 unspecified atom stereocenters. The highest BCUT2D eigenvalue weighted by Crippen LogP contribution is 2.03. The molecule has 0 saturated heterocycles. The molecule has 118 valence electrons. The van der Waals surface area contributed by atoms with Gasteiger partial charge < -0.3 is 19.7 Å². The van der Waals surface area contributed by atoms with Crippen molar-refractivity contribution in [3.05, 3.63) is 0 Å². The fourth-order valence-corrected chi connectivity index (χ4v) is 1.29. The van der Waals surface area contributed by atoms with Crippen LogP contribution < -0.4 is 0 Å². The number of carboxylic acid groups (broad SMARTS) is 2. The topological polar surface area (TPSA) is 144 Å². The maximum Gasteiger partial charge on any atom is 0.375 e. The van der Waals surface area contributed by atoms with E-state index < -0.39 is 61.1 Å². The Hall–Kier alpha value is -2.45. The van der Waals surface area contributed by atoms with Gasteiger partial charge in [0.05, 0.1) is 12.8 Å². The summed E-state index contributed by atoms with van der Waals surface area (Å²) in [5.74, 6) is -5.98. The Morgan fingerprint density at radius 1 is 0.857 bits per heavy atom. The molecule has 0 radical (unpaired) electrons. The fraction of sp³-hybridized carbons (Fsp3) is 0.583. The minimum absolute atomic E-state index is 0.431. The van der Waals surface area contributed by atoms with E-state index in [2.05, 4.69) is 9.47 Å². The van der Waals surface area contributed by atoms with Crippen LogP contribution >= 0.6 is 0 Å². The van der Waals surface area contributed by atoms with E-state index in [-0.39, 0.29) is 0 Å². The quantitative estimate of drug-likeness (QED) is 0.335. The first-order valence-electron chi connectivity index (χ1n) is 5.98. The molecule has 0 aliphatic carbocycles. The van der Waals surface area contributed by atoms with Gasteiger partial charge in [0.1, 0.15) is 18.6 Å². The summed E-state index contributed by atoms with van der Waals surface area (Å²) < 4.78 is 9.13. The molecule has 0 aromatic rings. The van der Waals surface area contributed by atoms with Crippen molar-refractivity contribution in [3.8, 4) is 0 Å². The van der Waals surface area contributed by atoms with E-state index in [1.165, 1.54) is 13.8 Å². The Labute approximate surface area is 119 Å². The third-order valence-corrected chi connectivity index (χ3v) is 2.10. The summed E-state index contributed by atoms with van der Waals surface area (Å²) in [4.78, 5) is 54.6. The average molecular weight is 304 g/mol. The van der Waals surface area contributed by atoms with Crippen molar-refractivity contribution in [3.63, 3.8) is 0 Å². The number of carboxylic acids is 2. The summed E-state index contributed by atoms with van der Waals surface area (Å²) in [5, 5.41) is 16.9. The lowest BCUT2D eigenvalue weighted by molar-refractivity contribution is -0.163. The SMILES string of the molecule is C[C@@H](CC(=O)O)OC(=O)CC(=O)C(=O)O[C@@H](C)CC(=O)O. The number of rotatable bonds is 9. The minimum atomic E-state index is -1.34. The van der Waals surface area contributed by atoms with Crippen LogP contribution in [0.15, 0.2) is 0 Å². The standard InChI is InChI=1S/C12H16O9/c1-6(3-9(14)15)20-11(18)5-8(13)12(19)21-7(2)4-10(16)17/h6-7H,3-5H2,1-2H3,(H,14,15)(H,16,17)/t6-,7-/m0/s1. The first kappa shape index (κ1) is 18.6. The molecule has 0 fully saturated rings. The van der Waals surface area contributed by atoms with Crippen molar-refractivity contribution in [2.24, 2.45) is 0 Å². The number of hydrogen-bond donors (Lipinski definition) is 2. The molecule has 0 aromatic heterocycles. The van der Waals surface area contributed by atoms with Crippen molar-refractivity contribution in [1.29, 1.82) is 0 Å². The Balaban J connectivity index is 4.22. The third kappa shape index (κ3) is 9.14. The lowest BCUT2D eigenvalue weighted by atomic mass is 10.2. The number of hydrogen-bond acceptors (Lipinski definition) is 7.